The predicted molar refractivity (Wildman–Crippen MR) is 28.9 cm³/mol. The van der Waals surface area contributed by atoms with Gasteiger partial charge in [-0.3, -0.25) is 0 Å². The van der Waals surface area contributed by atoms with Gasteiger partial charge in [-0.05, 0) is 0 Å². The molecule has 2 fully saturated rings. The van der Waals surface area contributed by atoms with Crippen LogP contribution in [0.1, 0.15) is 12.8 Å². The Hall–Kier alpha value is -0.0400. The summed E-state index contributed by atoms with van der Waals surface area (Å²) in [7, 11) is 2.37. The molecule has 0 saturated carbocycles. The van der Waals surface area contributed by atoms with E-state index in [-0.39, 0.29) is 0 Å². The smallest absolute Gasteiger partial charge is 0.139 e. The number of hydrogen-bond donors (Lipinski definition) is 0. The Morgan fingerprint density at radius 1 is 1.57 bits per heavy atom. The van der Waals surface area contributed by atoms with Gasteiger partial charge in [-0.15, -0.1) is 0 Å². The fraction of sp³-hybridized carbons (Fsp3) is 1.00. The van der Waals surface area contributed by atoms with E-state index < -0.39 is 0 Å². The lowest BCUT2D eigenvalue weighted by atomic mass is 10.3. The maximum atomic E-state index is 2.37. The number of quaternary nitrogens is 1. The van der Waals surface area contributed by atoms with Crippen LogP contribution in [-0.4, -0.2) is 30.7 Å². The second kappa shape index (κ2) is 0.873. The van der Waals surface area contributed by atoms with Crippen molar-refractivity contribution < 1.29 is 4.48 Å². The Morgan fingerprint density at radius 3 is 2.57 bits per heavy atom. The van der Waals surface area contributed by atoms with E-state index in [1.54, 1.807) is 0 Å². The molecule has 0 spiro atoms. The van der Waals surface area contributed by atoms with Crippen molar-refractivity contribution in [1.82, 2.24) is 0 Å². The van der Waals surface area contributed by atoms with Gasteiger partial charge in [0.1, 0.15) is 12.6 Å². The Kier molecular flexibility index (Phi) is 0.487. The molecule has 0 aromatic carbocycles. The molecule has 1 heteroatoms. The molecule has 2 saturated heterocycles. The molecule has 0 radical (unpaired) electrons. The highest BCUT2D eigenvalue weighted by Gasteiger charge is 2.54. The third-order valence-corrected chi connectivity index (χ3v) is 2.58. The van der Waals surface area contributed by atoms with Crippen LogP contribution in [-0.2, 0) is 0 Å². The van der Waals surface area contributed by atoms with Crippen LogP contribution in [0.3, 0.4) is 0 Å². The quantitative estimate of drug-likeness (QED) is 0.307. The molecule has 0 N–H and O–H groups in total. The Balaban J connectivity index is 2.17. The van der Waals surface area contributed by atoms with Crippen molar-refractivity contribution >= 4 is 0 Å². The highest BCUT2D eigenvalue weighted by atomic mass is 15.5. The van der Waals surface area contributed by atoms with Crippen LogP contribution in [0.2, 0.25) is 0 Å². The molecular weight excluding hydrogens is 86.1 g/mol. The molecule has 7 heavy (non-hydrogen) atoms. The van der Waals surface area contributed by atoms with E-state index in [9.17, 15) is 0 Å². The van der Waals surface area contributed by atoms with Crippen LogP contribution in [0.15, 0.2) is 0 Å². The Labute approximate surface area is 44.5 Å². The van der Waals surface area contributed by atoms with Gasteiger partial charge in [-0.25, -0.2) is 0 Å². The SMILES string of the molecule is C[N+]12CCCC1C2. The third-order valence-electron chi connectivity index (χ3n) is 2.58. The second-order valence-electron chi connectivity index (χ2n) is 3.18. The minimum Gasteiger partial charge on any atom is -0.314 e. The summed E-state index contributed by atoms with van der Waals surface area (Å²) in [4.78, 5) is 0. The molecule has 0 bridgehead atoms. The van der Waals surface area contributed by atoms with Gasteiger partial charge in [0.25, 0.3) is 0 Å². The maximum Gasteiger partial charge on any atom is 0.139 e. The maximum absolute atomic E-state index is 2.37. The number of hydrogen-bond acceptors (Lipinski definition) is 0. The highest BCUT2D eigenvalue weighted by Crippen LogP contribution is 2.37. The highest BCUT2D eigenvalue weighted by molar-refractivity contribution is 4.78. The normalized spacial score (nSPS) is 57.0. The van der Waals surface area contributed by atoms with Crippen LogP contribution in [0.25, 0.3) is 0 Å². The standard InChI is InChI=1S/C6H12N/c1-7-4-2-3-6(7)5-7/h6H,2-5H2,1H3/q+1. The van der Waals surface area contributed by atoms with Crippen molar-refractivity contribution in [2.75, 3.05) is 20.1 Å². The molecule has 0 aliphatic carbocycles. The summed E-state index contributed by atoms with van der Waals surface area (Å²) in [5, 5.41) is 0. The van der Waals surface area contributed by atoms with E-state index in [4.69, 9.17) is 0 Å². The first-order valence-electron chi connectivity index (χ1n) is 3.15. The van der Waals surface area contributed by atoms with Crippen LogP contribution in [0.5, 0.6) is 0 Å². The van der Waals surface area contributed by atoms with Crippen molar-refractivity contribution in [3.63, 3.8) is 0 Å². The first kappa shape index (κ1) is 3.90. The number of rotatable bonds is 0. The van der Waals surface area contributed by atoms with Gasteiger partial charge in [-0.1, -0.05) is 0 Å². The van der Waals surface area contributed by atoms with Gasteiger partial charge in [0.15, 0.2) is 0 Å². The zero-order valence-electron chi connectivity index (χ0n) is 4.85. The minimum atomic E-state index is 1.10. The van der Waals surface area contributed by atoms with Crippen LogP contribution < -0.4 is 0 Å². The van der Waals surface area contributed by atoms with Gasteiger partial charge in [-0.2, -0.15) is 0 Å². The van der Waals surface area contributed by atoms with Crippen molar-refractivity contribution in [3.05, 3.63) is 0 Å². The molecule has 1 nitrogen and oxygen atoms in total. The van der Waals surface area contributed by atoms with Crippen molar-refractivity contribution in [2.24, 2.45) is 0 Å². The van der Waals surface area contributed by atoms with Gasteiger partial charge in [0, 0.05) is 12.8 Å². The summed E-state index contributed by atoms with van der Waals surface area (Å²) in [5.41, 5.74) is 0. The molecular formula is C6H12N+. The lowest BCUT2D eigenvalue weighted by molar-refractivity contribution is -0.780. The largest absolute Gasteiger partial charge is 0.314 e. The van der Waals surface area contributed by atoms with Gasteiger partial charge < -0.3 is 4.48 Å². The van der Waals surface area contributed by atoms with E-state index in [1.807, 2.05) is 0 Å². The molecule has 0 aromatic heterocycles. The number of fused-ring (bicyclic) bond motifs is 1. The average molecular weight is 98.2 g/mol. The van der Waals surface area contributed by atoms with Gasteiger partial charge >= 0.3 is 0 Å². The molecule has 2 atom stereocenters. The van der Waals surface area contributed by atoms with Gasteiger partial charge in [0.05, 0.1) is 13.6 Å². The summed E-state index contributed by atoms with van der Waals surface area (Å²) in [5.74, 6) is 0. The molecule has 40 valence electrons. The molecule has 2 aliphatic heterocycles. The summed E-state index contributed by atoms with van der Waals surface area (Å²) >= 11 is 0. The van der Waals surface area contributed by atoms with Crippen molar-refractivity contribution in [2.45, 2.75) is 18.9 Å². The number of likely N-dealkylation sites (N-methyl/N-ethyl adjacent to an activating group) is 1. The van der Waals surface area contributed by atoms with Crippen LogP contribution in [0, 0.1) is 0 Å². The number of nitrogens with zero attached hydrogens (tertiary/aromatic N) is 1. The zero-order valence-corrected chi connectivity index (χ0v) is 4.85. The fourth-order valence-corrected chi connectivity index (χ4v) is 1.80. The fourth-order valence-electron chi connectivity index (χ4n) is 1.80. The van der Waals surface area contributed by atoms with Crippen molar-refractivity contribution in [3.8, 4) is 0 Å². The summed E-state index contributed by atoms with van der Waals surface area (Å²) in [6.45, 7) is 2.95. The zero-order chi connectivity index (χ0) is 4.91. The molecule has 2 heterocycles. The summed E-state index contributed by atoms with van der Waals surface area (Å²) in [6.07, 6.45) is 3.00. The summed E-state index contributed by atoms with van der Waals surface area (Å²) in [6, 6.07) is 1.10. The minimum absolute atomic E-state index is 1.10. The van der Waals surface area contributed by atoms with E-state index in [1.165, 1.54) is 30.4 Å². The molecule has 0 amide bonds. The van der Waals surface area contributed by atoms with Crippen LogP contribution in [0.4, 0.5) is 0 Å². The predicted octanol–water partition coefficient (Wildman–Crippen LogP) is 0.609. The monoisotopic (exact) mass is 98.1 g/mol. The van der Waals surface area contributed by atoms with E-state index >= 15 is 0 Å². The first-order valence-corrected chi connectivity index (χ1v) is 3.15. The molecule has 2 aliphatic rings. The van der Waals surface area contributed by atoms with E-state index in [0.717, 1.165) is 6.04 Å². The Bertz CT molecular complexity index is 98.4. The number of piperidine rings is 1. The van der Waals surface area contributed by atoms with Crippen molar-refractivity contribution in [1.29, 1.82) is 0 Å². The Morgan fingerprint density at radius 2 is 2.43 bits per heavy atom. The average Bonchev–Trinajstić information content (AvgIpc) is 2.09. The molecule has 2 unspecified atom stereocenters. The summed E-state index contributed by atoms with van der Waals surface area (Å²) < 4.78 is 1.42. The van der Waals surface area contributed by atoms with Crippen LogP contribution >= 0.6 is 0 Å². The lowest BCUT2D eigenvalue weighted by Crippen LogP contribution is -2.17. The van der Waals surface area contributed by atoms with E-state index in [2.05, 4.69) is 7.05 Å². The second-order valence-corrected chi connectivity index (χ2v) is 3.18. The first-order chi connectivity index (χ1) is 3.31. The lowest BCUT2D eigenvalue weighted by Gasteiger charge is -2.03. The third kappa shape index (κ3) is 0.367. The van der Waals surface area contributed by atoms with E-state index in [0.29, 0.717) is 0 Å². The molecule has 2 rings (SSSR count). The molecule has 0 aromatic rings. The van der Waals surface area contributed by atoms with Gasteiger partial charge in [0.2, 0.25) is 0 Å². The topological polar surface area (TPSA) is 0 Å².